The molecular formula is C22H22ClN3O7. The summed E-state index contributed by atoms with van der Waals surface area (Å²) in [7, 11) is 0. The molecule has 0 fully saturated rings. The summed E-state index contributed by atoms with van der Waals surface area (Å²) in [6.45, 7) is 2.56. The Labute approximate surface area is 194 Å². The number of amides is 3. The second-order valence-corrected chi connectivity index (χ2v) is 7.77. The third-order valence-corrected chi connectivity index (χ3v) is 4.76. The van der Waals surface area contributed by atoms with E-state index >= 15 is 0 Å². The number of hydrogen-bond donors (Lipinski definition) is 2. The van der Waals surface area contributed by atoms with Crippen LogP contribution in [-0.2, 0) is 25.5 Å². The van der Waals surface area contributed by atoms with Gasteiger partial charge in [0.25, 0.3) is 17.5 Å². The van der Waals surface area contributed by atoms with E-state index in [9.17, 15) is 29.3 Å². The Hall–Kier alpha value is -3.79. The topological polar surface area (TPSA) is 145 Å². The number of nitro groups is 1. The molecule has 2 N–H and O–H groups in total. The van der Waals surface area contributed by atoms with Crippen LogP contribution in [0.25, 0.3) is 0 Å². The average Bonchev–Trinajstić information content (AvgIpc) is 2.76. The Balaban J connectivity index is 1.93. The van der Waals surface area contributed by atoms with Crippen molar-refractivity contribution < 1.29 is 28.8 Å². The summed E-state index contributed by atoms with van der Waals surface area (Å²) in [5, 5.41) is 15.4. The van der Waals surface area contributed by atoms with Crippen LogP contribution >= 0.6 is 11.6 Å². The molecule has 0 aromatic heterocycles. The van der Waals surface area contributed by atoms with Crippen LogP contribution < -0.4 is 10.6 Å². The van der Waals surface area contributed by atoms with Gasteiger partial charge in [0.05, 0.1) is 11.3 Å². The summed E-state index contributed by atoms with van der Waals surface area (Å²) in [4.78, 5) is 59.1. The molecule has 1 unspecified atom stereocenters. The van der Waals surface area contributed by atoms with Gasteiger partial charge in [0.2, 0.25) is 5.91 Å². The van der Waals surface area contributed by atoms with E-state index in [-0.39, 0.29) is 17.0 Å². The van der Waals surface area contributed by atoms with Crippen LogP contribution in [-0.4, -0.2) is 41.3 Å². The standard InChI is InChI=1S/C22H22ClN3O7/c1-13(2)20(25-21(29)15-8-9-16(23)17(11-15)26(31)32)22(30)33-12-19(28)24-18(27)10-14-6-4-3-5-7-14/h3-9,11,13,20H,10,12H2,1-2H3,(H,25,29)(H,24,27,28). The molecule has 0 aliphatic carbocycles. The number of imide groups is 1. The number of halogens is 1. The minimum absolute atomic E-state index is 0.0154. The summed E-state index contributed by atoms with van der Waals surface area (Å²) >= 11 is 5.75. The molecule has 0 saturated carbocycles. The van der Waals surface area contributed by atoms with Crippen molar-refractivity contribution in [1.82, 2.24) is 10.6 Å². The third-order valence-electron chi connectivity index (χ3n) is 4.44. The zero-order chi connectivity index (χ0) is 24.5. The number of nitrogens with one attached hydrogen (secondary N) is 2. The number of carbonyl (C=O) groups excluding carboxylic acids is 4. The Morgan fingerprint density at radius 2 is 1.73 bits per heavy atom. The van der Waals surface area contributed by atoms with Crippen LogP contribution in [0, 0.1) is 16.0 Å². The maximum atomic E-state index is 12.5. The van der Waals surface area contributed by atoms with E-state index in [0.29, 0.717) is 5.56 Å². The highest BCUT2D eigenvalue weighted by atomic mass is 35.5. The van der Waals surface area contributed by atoms with Gasteiger partial charge in [-0.3, -0.25) is 29.8 Å². The quantitative estimate of drug-likeness (QED) is 0.322. The fourth-order valence-electron chi connectivity index (χ4n) is 2.76. The Morgan fingerprint density at radius 1 is 1.06 bits per heavy atom. The molecule has 11 heteroatoms. The number of hydrogen-bond acceptors (Lipinski definition) is 7. The molecule has 0 saturated heterocycles. The van der Waals surface area contributed by atoms with Crippen LogP contribution in [0.5, 0.6) is 0 Å². The molecule has 174 valence electrons. The number of nitrogens with zero attached hydrogens (tertiary/aromatic N) is 1. The van der Waals surface area contributed by atoms with E-state index in [4.69, 9.17) is 16.3 Å². The van der Waals surface area contributed by atoms with Gasteiger partial charge in [0.15, 0.2) is 6.61 Å². The number of rotatable bonds is 9. The molecule has 10 nitrogen and oxygen atoms in total. The minimum atomic E-state index is -1.14. The lowest BCUT2D eigenvalue weighted by atomic mass is 10.0. The van der Waals surface area contributed by atoms with Gasteiger partial charge in [0, 0.05) is 11.6 Å². The third kappa shape index (κ3) is 7.69. The molecule has 0 radical (unpaired) electrons. The molecular weight excluding hydrogens is 454 g/mol. The van der Waals surface area contributed by atoms with Gasteiger partial charge in [-0.15, -0.1) is 0 Å². The van der Waals surface area contributed by atoms with E-state index in [1.807, 2.05) is 0 Å². The van der Waals surface area contributed by atoms with E-state index in [0.717, 1.165) is 6.07 Å². The van der Waals surface area contributed by atoms with Gasteiger partial charge in [-0.2, -0.15) is 0 Å². The number of nitro benzene ring substituents is 1. The molecule has 2 aromatic carbocycles. The first-order valence-corrected chi connectivity index (χ1v) is 10.2. The number of benzene rings is 2. The van der Waals surface area contributed by atoms with Gasteiger partial charge in [0.1, 0.15) is 11.1 Å². The highest BCUT2D eigenvalue weighted by Crippen LogP contribution is 2.25. The van der Waals surface area contributed by atoms with Gasteiger partial charge in [-0.25, -0.2) is 4.79 Å². The molecule has 0 aliphatic heterocycles. The molecule has 3 amide bonds. The van der Waals surface area contributed by atoms with E-state index < -0.39 is 52.9 Å². The highest BCUT2D eigenvalue weighted by molar-refractivity contribution is 6.32. The van der Waals surface area contributed by atoms with Crippen molar-refractivity contribution in [1.29, 1.82) is 0 Å². The van der Waals surface area contributed by atoms with E-state index in [2.05, 4.69) is 10.6 Å². The van der Waals surface area contributed by atoms with Crippen molar-refractivity contribution in [3.63, 3.8) is 0 Å². The van der Waals surface area contributed by atoms with Crippen LogP contribution in [0.4, 0.5) is 5.69 Å². The number of carbonyl (C=O) groups is 4. The van der Waals surface area contributed by atoms with Gasteiger partial charge in [-0.1, -0.05) is 55.8 Å². The van der Waals surface area contributed by atoms with Crippen LogP contribution in [0.1, 0.15) is 29.8 Å². The second kappa shape index (κ2) is 11.7. The lowest BCUT2D eigenvalue weighted by Crippen LogP contribution is -2.46. The SMILES string of the molecule is CC(C)C(NC(=O)c1ccc(Cl)c([N+](=O)[O-])c1)C(=O)OCC(=O)NC(=O)Cc1ccccc1. The van der Waals surface area contributed by atoms with Crippen molar-refractivity contribution in [2.75, 3.05) is 6.61 Å². The predicted molar refractivity (Wildman–Crippen MR) is 118 cm³/mol. The van der Waals surface area contributed by atoms with Gasteiger partial charge >= 0.3 is 5.97 Å². The zero-order valence-electron chi connectivity index (χ0n) is 17.9. The summed E-state index contributed by atoms with van der Waals surface area (Å²) in [5.74, 6) is -3.45. The summed E-state index contributed by atoms with van der Waals surface area (Å²) in [5.41, 5.74) is 0.184. The summed E-state index contributed by atoms with van der Waals surface area (Å²) in [6.07, 6.45) is -0.0154. The Morgan fingerprint density at radius 3 is 2.33 bits per heavy atom. The fraction of sp³-hybridized carbons (Fsp3) is 0.273. The monoisotopic (exact) mass is 475 g/mol. The molecule has 1 atom stereocenters. The highest BCUT2D eigenvalue weighted by Gasteiger charge is 2.28. The number of ether oxygens (including phenoxy) is 1. The minimum Gasteiger partial charge on any atom is -0.454 e. The zero-order valence-corrected chi connectivity index (χ0v) is 18.6. The Bertz CT molecular complexity index is 1060. The van der Waals surface area contributed by atoms with Crippen molar-refractivity contribution in [2.45, 2.75) is 26.3 Å². The Kier molecular flexibility index (Phi) is 9.05. The van der Waals surface area contributed by atoms with Gasteiger partial charge in [-0.05, 0) is 23.6 Å². The lowest BCUT2D eigenvalue weighted by Gasteiger charge is -2.20. The van der Waals surface area contributed by atoms with Crippen molar-refractivity contribution >= 4 is 41.0 Å². The molecule has 33 heavy (non-hydrogen) atoms. The fourth-order valence-corrected chi connectivity index (χ4v) is 2.95. The average molecular weight is 476 g/mol. The van der Waals surface area contributed by atoms with Crippen molar-refractivity contribution in [3.8, 4) is 0 Å². The van der Waals surface area contributed by atoms with Crippen molar-refractivity contribution in [3.05, 3.63) is 74.8 Å². The molecule has 0 spiro atoms. The van der Waals surface area contributed by atoms with Crippen LogP contribution in [0.15, 0.2) is 48.5 Å². The normalized spacial score (nSPS) is 11.4. The molecule has 2 aromatic rings. The van der Waals surface area contributed by atoms with Crippen LogP contribution in [0.3, 0.4) is 0 Å². The second-order valence-electron chi connectivity index (χ2n) is 7.36. The smallest absolute Gasteiger partial charge is 0.329 e. The first kappa shape index (κ1) is 25.5. The molecule has 0 heterocycles. The van der Waals surface area contributed by atoms with Crippen molar-refractivity contribution in [2.24, 2.45) is 5.92 Å². The first-order chi connectivity index (χ1) is 15.6. The predicted octanol–water partition coefficient (Wildman–Crippen LogP) is 2.43. The lowest BCUT2D eigenvalue weighted by molar-refractivity contribution is -0.384. The van der Waals surface area contributed by atoms with E-state index in [1.54, 1.807) is 44.2 Å². The van der Waals surface area contributed by atoms with E-state index in [1.165, 1.54) is 12.1 Å². The number of esters is 1. The van der Waals surface area contributed by atoms with Gasteiger partial charge < -0.3 is 10.1 Å². The molecule has 0 aliphatic rings. The van der Waals surface area contributed by atoms with Crippen LogP contribution in [0.2, 0.25) is 5.02 Å². The summed E-state index contributed by atoms with van der Waals surface area (Å²) in [6, 6.07) is 11.1. The molecule has 2 rings (SSSR count). The maximum Gasteiger partial charge on any atom is 0.329 e. The summed E-state index contributed by atoms with van der Waals surface area (Å²) < 4.78 is 4.95. The largest absolute Gasteiger partial charge is 0.454 e. The maximum absolute atomic E-state index is 12.5. The molecule has 0 bridgehead atoms. The first-order valence-electron chi connectivity index (χ1n) is 9.86.